The third kappa shape index (κ3) is 6.78. The van der Waals surface area contributed by atoms with E-state index < -0.39 is 42.0 Å². The number of rotatable bonds is 7. The fourth-order valence-corrected chi connectivity index (χ4v) is 4.82. The van der Waals surface area contributed by atoms with Crippen LogP contribution in [0.4, 0.5) is 14.4 Å². The molecule has 2 aromatic carbocycles. The SMILES string of the molecule is CC(C)(C)OC(=O)NCCNC(=O)O[C@@H]1C[C@@H](C(=O)[O-])N(C(=O)OCC2c3ccccc3-c3ccccc32)C1. The number of alkyl carbamates (subject to hydrolysis) is 2. The van der Waals surface area contributed by atoms with Crippen LogP contribution >= 0.6 is 0 Å². The zero-order valence-corrected chi connectivity index (χ0v) is 22.1. The Labute approximate surface area is 226 Å². The molecule has 0 bridgehead atoms. The molecule has 2 atom stereocenters. The molecule has 11 heteroatoms. The van der Waals surface area contributed by atoms with E-state index in [2.05, 4.69) is 10.6 Å². The van der Waals surface area contributed by atoms with Crippen molar-refractivity contribution in [2.24, 2.45) is 0 Å². The lowest BCUT2D eigenvalue weighted by molar-refractivity contribution is -0.310. The number of carbonyl (C=O) groups is 4. The smallest absolute Gasteiger partial charge is 0.410 e. The number of nitrogens with zero attached hydrogens (tertiary/aromatic N) is 1. The molecular weight excluding hydrogens is 506 g/mol. The van der Waals surface area contributed by atoms with E-state index in [0.29, 0.717) is 0 Å². The summed E-state index contributed by atoms with van der Waals surface area (Å²) < 4.78 is 16.0. The fraction of sp³-hybridized carbons (Fsp3) is 0.429. The molecule has 208 valence electrons. The van der Waals surface area contributed by atoms with Gasteiger partial charge in [-0.2, -0.15) is 0 Å². The molecule has 11 nitrogen and oxygen atoms in total. The van der Waals surface area contributed by atoms with Crippen molar-refractivity contribution in [1.29, 1.82) is 0 Å². The van der Waals surface area contributed by atoms with Crippen molar-refractivity contribution in [3.05, 3.63) is 59.7 Å². The summed E-state index contributed by atoms with van der Waals surface area (Å²) in [6.07, 6.45) is -3.25. The fourth-order valence-electron chi connectivity index (χ4n) is 4.82. The summed E-state index contributed by atoms with van der Waals surface area (Å²) in [7, 11) is 0. The third-order valence-corrected chi connectivity index (χ3v) is 6.44. The summed E-state index contributed by atoms with van der Waals surface area (Å²) >= 11 is 0. The van der Waals surface area contributed by atoms with Crippen LogP contribution in [0, 0.1) is 0 Å². The van der Waals surface area contributed by atoms with Crippen molar-refractivity contribution in [3.8, 4) is 11.1 Å². The lowest BCUT2D eigenvalue weighted by atomic mass is 9.98. The number of carboxylic acid groups (broad SMARTS) is 1. The lowest BCUT2D eigenvalue weighted by Crippen LogP contribution is -2.47. The minimum absolute atomic E-state index is 0.0276. The molecule has 4 rings (SSSR count). The Hall–Kier alpha value is -4.28. The molecular formula is C28H32N3O8-. The molecule has 0 unspecified atom stereocenters. The first-order valence-corrected chi connectivity index (χ1v) is 12.8. The van der Waals surface area contributed by atoms with E-state index in [1.54, 1.807) is 20.8 Å². The highest BCUT2D eigenvalue weighted by Crippen LogP contribution is 2.44. The van der Waals surface area contributed by atoms with Crippen LogP contribution in [0.1, 0.15) is 44.2 Å². The summed E-state index contributed by atoms with van der Waals surface area (Å²) in [5, 5.41) is 16.7. The van der Waals surface area contributed by atoms with Crippen LogP contribution in [0.3, 0.4) is 0 Å². The maximum atomic E-state index is 13.0. The highest BCUT2D eigenvalue weighted by atomic mass is 16.6. The maximum absolute atomic E-state index is 13.0. The summed E-state index contributed by atoms with van der Waals surface area (Å²) in [5.74, 6) is -1.64. The van der Waals surface area contributed by atoms with Gasteiger partial charge in [0.2, 0.25) is 0 Å². The van der Waals surface area contributed by atoms with Crippen molar-refractivity contribution in [1.82, 2.24) is 15.5 Å². The molecule has 0 radical (unpaired) electrons. The lowest BCUT2D eigenvalue weighted by Gasteiger charge is -2.25. The van der Waals surface area contributed by atoms with Gasteiger partial charge < -0.3 is 34.7 Å². The number of fused-ring (bicyclic) bond motifs is 3. The van der Waals surface area contributed by atoms with E-state index in [1.807, 2.05) is 48.5 Å². The predicted molar refractivity (Wildman–Crippen MR) is 138 cm³/mol. The van der Waals surface area contributed by atoms with E-state index in [1.165, 1.54) is 0 Å². The number of ether oxygens (including phenoxy) is 3. The van der Waals surface area contributed by atoms with Crippen molar-refractivity contribution >= 4 is 24.2 Å². The van der Waals surface area contributed by atoms with Crippen LogP contribution in [-0.2, 0) is 19.0 Å². The van der Waals surface area contributed by atoms with E-state index in [4.69, 9.17) is 14.2 Å². The molecule has 3 amide bonds. The van der Waals surface area contributed by atoms with Crippen LogP contribution < -0.4 is 15.7 Å². The highest BCUT2D eigenvalue weighted by molar-refractivity contribution is 5.81. The van der Waals surface area contributed by atoms with Crippen molar-refractivity contribution in [3.63, 3.8) is 0 Å². The summed E-state index contributed by atoms with van der Waals surface area (Å²) in [6, 6.07) is 14.5. The second kappa shape index (κ2) is 11.6. The normalized spacial score (nSPS) is 18.1. The Balaban J connectivity index is 1.28. The van der Waals surface area contributed by atoms with Crippen LogP contribution in [0.2, 0.25) is 0 Å². The molecule has 2 aliphatic rings. The number of hydrogen-bond donors (Lipinski definition) is 2. The second-order valence-corrected chi connectivity index (χ2v) is 10.4. The number of nitrogens with one attached hydrogen (secondary N) is 2. The van der Waals surface area contributed by atoms with Gasteiger partial charge in [0.1, 0.15) is 18.3 Å². The van der Waals surface area contributed by atoms with Gasteiger partial charge in [-0.05, 0) is 43.0 Å². The van der Waals surface area contributed by atoms with Crippen molar-refractivity contribution in [2.75, 3.05) is 26.2 Å². The standard InChI is InChI=1S/C28H33N3O8/c1-28(2,3)39-26(35)30-13-12-29-25(34)38-17-14-23(24(32)33)31(15-17)27(36)37-16-22-20-10-6-4-8-18(20)19-9-5-7-11-21(19)22/h4-11,17,22-23H,12-16H2,1-3H3,(H,29,34)(H,30,35)(H,32,33)/p-1/t17-,23+/m1/s1. The molecule has 1 heterocycles. The first kappa shape index (κ1) is 27.7. The van der Waals surface area contributed by atoms with Crippen LogP contribution in [0.15, 0.2) is 48.5 Å². The average molecular weight is 539 g/mol. The van der Waals surface area contributed by atoms with E-state index in [9.17, 15) is 24.3 Å². The largest absolute Gasteiger partial charge is 0.548 e. The maximum Gasteiger partial charge on any atom is 0.410 e. The van der Waals surface area contributed by atoms with Gasteiger partial charge in [-0.1, -0.05) is 48.5 Å². The Bertz CT molecular complexity index is 1200. The average Bonchev–Trinajstić information content (AvgIpc) is 3.44. The van der Waals surface area contributed by atoms with E-state index in [-0.39, 0.29) is 38.6 Å². The van der Waals surface area contributed by atoms with Crippen LogP contribution in [-0.4, -0.2) is 73.1 Å². The minimum atomic E-state index is -1.46. The molecule has 1 aliphatic carbocycles. The molecule has 1 aliphatic heterocycles. The number of carbonyl (C=O) groups excluding carboxylic acids is 4. The molecule has 0 saturated carbocycles. The highest BCUT2D eigenvalue weighted by Gasteiger charge is 2.40. The first-order valence-electron chi connectivity index (χ1n) is 12.8. The number of amides is 3. The van der Waals surface area contributed by atoms with Crippen molar-refractivity contribution in [2.45, 2.75) is 50.9 Å². The van der Waals surface area contributed by atoms with Crippen molar-refractivity contribution < 1.29 is 38.5 Å². The zero-order chi connectivity index (χ0) is 28.2. The molecule has 0 spiro atoms. The predicted octanol–water partition coefficient (Wildman–Crippen LogP) is 2.38. The minimum Gasteiger partial charge on any atom is -0.548 e. The van der Waals surface area contributed by atoms with E-state index >= 15 is 0 Å². The number of carboxylic acids is 1. The Kier molecular flexibility index (Phi) is 8.27. The van der Waals surface area contributed by atoms with Gasteiger partial charge in [-0.3, -0.25) is 4.90 Å². The first-order chi connectivity index (χ1) is 18.5. The number of aliphatic carboxylic acids is 1. The Morgan fingerprint density at radius 3 is 2.05 bits per heavy atom. The van der Waals surface area contributed by atoms with Gasteiger partial charge in [0.25, 0.3) is 0 Å². The van der Waals surface area contributed by atoms with Gasteiger partial charge in [-0.25, -0.2) is 14.4 Å². The summed E-state index contributed by atoms with van der Waals surface area (Å²) in [6.45, 7) is 5.23. The zero-order valence-electron chi connectivity index (χ0n) is 22.1. The Morgan fingerprint density at radius 1 is 0.923 bits per heavy atom. The van der Waals surface area contributed by atoms with E-state index in [0.717, 1.165) is 27.2 Å². The summed E-state index contributed by atoms with van der Waals surface area (Å²) in [5.41, 5.74) is 3.56. The van der Waals surface area contributed by atoms with Crippen LogP contribution in [0.25, 0.3) is 11.1 Å². The van der Waals surface area contributed by atoms with Gasteiger partial charge >= 0.3 is 18.3 Å². The monoisotopic (exact) mass is 538 g/mol. The Morgan fingerprint density at radius 2 is 1.49 bits per heavy atom. The topological polar surface area (TPSA) is 146 Å². The van der Waals surface area contributed by atoms with Gasteiger partial charge in [-0.15, -0.1) is 0 Å². The third-order valence-electron chi connectivity index (χ3n) is 6.44. The molecule has 1 saturated heterocycles. The van der Waals surface area contributed by atoms with Gasteiger partial charge in [0, 0.05) is 25.4 Å². The summed E-state index contributed by atoms with van der Waals surface area (Å²) in [4.78, 5) is 49.5. The molecule has 2 N–H and O–H groups in total. The van der Waals surface area contributed by atoms with Gasteiger partial charge in [0.15, 0.2) is 0 Å². The number of benzene rings is 2. The quantitative estimate of drug-likeness (QED) is 0.404. The molecule has 2 aromatic rings. The molecule has 1 fully saturated rings. The second-order valence-electron chi connectivity index (χ2n) is 10.4. The van der Waals surface area contributed by atoms with Gasteiger partial charge in [0.05, 0.1) is 18.6 Å². The number of likely N-dealkylation sites (tertiary alicyclic amines) is 1. The molecule has 0 aromatic heterocycles. The van der Waals surface area contributed by atoms with Crippen LogP contribution in [0.5, 0.6) is 0 Å². The molecule has 39 heavy (non-hydrogen) atoms. The number of hydrogen-bond acceptors (Lipinski definition) is 8.